The van der Waals surface area contributed by atoms with E-state index in [0.29, 0.717) is 0 Å². The van der Waals surface area contributed by atoms with Crippen molar-refractivity contribution in [2.75, 3.05) is 12.0 Å². The lowest BCUT2D eigenvalue weighted by Gasteiger charge is -2.04. The molecule has 4 nitrogen and oxygen atoms in total. The molecule has 0 atom stereocenters. The van der Waals surface area contributed by atoms with Gasteiger partial charge in [0, 0.05) is 0 Å². The molecule has 0 unspecified atom stereocenters. The normalized spacial score (nSPS) is 11.2. The maximum Gasteiger partial charge on any atom is 0.370 e. The van der Waals surface area contributed by atoms with Crippen LogP contribution in [0.4, 0.5) is 5.69 Å². The average Bonchev–Trinajstić information content (AvgIpc) is 2.25. The predicted molar refractivity (Wildman–Crippen MR) is 69.5 cm³/mol. The van der Waals surface area contributed by atoms with E-state index in [4.69, 9.17) is 16.3 Å². The Balaban J connectivity index is 2.71. The number of hydrogen-bond donors (Lipinski definition) is 1. The first-order valence-electron chi connectivity index (χ1n) is 5.27. The number of halogens is 1. The maximum absolute atomic E-state index is 11.2. The SMILES string of the molecule is CCOC(=O)/C(Cl)=N/Nc1cc(C)cc(C)c1. The molecule has 0 aliphatic heterocycles. The predicted octanol–water partition coefficient (Wildman–Crippen LogP) is 2.83. The van der Waals surface area contributed by atoms with Gasteiger partial charge in [-0.1, -0.05) is 17.7 Å². The molecule has 5 heteroatoms. The zero-order valence-corrected chi connectivity index (χ0v) is 10.8. The molecule has 0 spiro atoms. The van der Waals surface area contributed by atoms with Crippen LogP contribution in [0, 0.1) is 13.8 Å². The molecule has 17 heavy (non-hydrogen) atoms. The number of ether oxygens (including phenoxy) is 1. The second kappa shape index (κ2) is 6.25. The number of carbonyl (C=O) groups excluding carboxylic acids is 1. The van der Waals surface area contributed by atoms with Crippen LogP contribution in [0.1, 0.15) is 18.1 Å². The van der Waals surface area contributed by atoms with Crippen LogP contribution in [0.25, 0.3) is 0 Å². The minimum absolute atomic E-state index is 0.217. The highest BCUT2D eigenvalue weighted by Gasteiger charge is 2.08. The molecule has 0 heterocycles. The van der Waals surface area contributed by atoms with Crippen LogP contribution in [0.2, 0.25) is 0 Å². The Morgan fingerprint density at radius 2 is 1.94 bits per heavy atom. The number of esters is 1. The summed E-state index contributed by atoms with van der Waals surface area (Å²) in [5.74, 6) is -0.633. The maximum atomic E-state index is 11.2. The number of nitrogens with zero attached hydrogens (tertiary/aromatic N) is 1. The van der Waals surface area contributed by atoms with Crippen LogP contribution in [-0.2, 0) is 9.53 Å². The first-order valence-corrected chi connectivity index (χ1v) is 5.65. The Morgan fingerprint density at radius 1 is 1.35 bits per heavy atom. The quantitative estimate of drug-likeness (QED) is 0.511. The largest absolute Gasteiger partial charge is 0.461 e. The summed E-state index contributed by atoms with van der Waals surface area (Å²) >= 11 is 5.65. The number of benzene rings is 1. The number of hydrogen-bond acceptors (Lipinski definition) is 4. The highest BCUT2D eigenvalue weighted by Crippen LogP contribution is 2.13. The van der Waals surface area contributed by atoms with Crippen LogP contribution in [0.5, 0.6) is 0 Å². The van der Waals surface area contributed by atoms with E-state index in [-0.39, 0.29) is 11.8 Å². The topological polar surface area (TPSA) is 50.7 Å². The lowest BCUT2D eigenvalue weighted by Crippen LogP contribution is -2.13. The molecule has 0 saturated heterocycles. The Bertz CT molecular complexity index is 424. The first-order chi connectivity index (χ1) is 8.02. The Morgan fingerprint density at radius 3 is 2.47 bits per heavy atom. The lowest BCUT2D eigenvalue weighted by molar-refractivity contribution is -0.134. The standard InChI is InChI=1S/C12H15ClN2O2/c1-4-17-12(16)11(13)15-14-10-6-8(2)5-9(3)7-10/h5-7,14H,4H2,1-3H3/b15-11-. The van der Waals surface area contributed by atoms with Crippen molar-refractivity contribution in [1.29, 1.82) is 0 Å². The van der Waals surface area contributed by atoms with Gasteiger partial charge in [-0.25, -0.2) is 4.79 Å². The smallest absolute Gasteiger partial charge is 0.370 e. The number of carbonyl (C=O) groups is 1. The molecular formula is C12H15ClN2O2. The van der Waals surface area contributed by atoms with Crippen molar-refractivity contribution < 1.29 is 9.53 Å². The molecule has 0 amide bonds. The van der Waals surface area contributed by atoms with Gasteiger partial charge in [0.15, 0.2) is 0 Å². The number of anilines is 1. The van der Waals surface area contributed by atoms with Crippen molar-refractivity contribution in [3.63, 3.8) is 0 Å². The number of aryl methyl sites for hydroxylation is 2. The second-order valence-electron chi connectivity index (χ2n) is 3.61. The van der Waals surface area contributed by atoms with Crippen LogP contribution in [0.15, 0.2) is 23.3 Å². The van der Waals surface area contributed by atoms with Gasteiger partial charge in [-0.2, -0.15) is 5.10 Å². The summed E-state index contributed by atoms with van der Waals surface area (Å²) in [4.78, 5) is 11.2. The van der Waals surface area contributed by atoms with Gasteiger partial charge in [-0.3, -0.25) is 5.43 Å². The van der Waals surface area contributed by atoms with Crippen LogP contribution in [-0.4, -0.2) is 17.7 Å². The van der Waals surface area contributed by atoms with Crippen LogP contribution < -0.4 is 5.43 Å². The summed E-state index contributed by atoms with van der Waals surface area (Å²) < 4.78 is 4.70. The monoisotopic (exact) mass is 254 g/mol. The molecule has 1 aromatic rings. The first kappa shape index (κ1) is 13.5. The van der Waals surface area contributed by atoms with E-state index in [2.05, 4.69) is 10.5 Å². The fourth-order valence-corrected chi connectivity index (χ4v) is 1.49. The fourth-order valence-electron chi connectivity index (χ4n) is 1.39. The summed E-state index contributed by atoms with van der Waals surface area (Å²) in [5, 5.41) is 3.54. The Hall–Kier alpha value is -1.55. The van der Waals surface area contributed by atoms with Gasteiger partial charge in [0.25, 0.3) is 0 Å². The number of rotatable bonds is 4. The van der Waals surface area contributed by atoms with Crippen LogP contribution in [0.3, 0.4) is 0 Å². The molecule has 0 radical (unpaired) electrons. The van der Waals surface area contributed by atoms with Crippen molar-refractivity contribution >= 4 is 28.4 Å². The van der Waals surface area contributed by atoms with E-state index >= 15 is 0 Å². The summed E-state index contributed by atoms with van der Waals surface area (Å²) in [6.07, 6.45) is 0. The molecule has 1 N–H and O–H groups in total. The van der Waals surface area contributed by atoms with E-state index in [1.54, 1.807) is 6.92 Å². The summed E-state index contributed by atoms with van der Waals surface area (Å²) in [6, 6.07) is 5.86. The van der Waals surface area contributed by atoms with Crippen LogP contribution >= 0.6 is 11.6 Å². The van der Waals surface area contributed by atoms with Gasteiger partial charge in [0.1, 0.15) is 0 Å². The fraction of sp³-hybridized carbons (Fsp3) is 0.333. The van der Waals surface area contributed by atoms with Crippen molar-refractivity contribution in [2.24, 2.45) is 5.10 Å². The Labute approximate surface area is 106 Å². The number of hydrazone groups is 1. The van der Waals surface area contributed by atoms with E-state index in [9.17, 15) is 4.79 Å². The van der Waals surface area contributed by atoms with Gasteiger partial charge in [0.05, 0.1) is 12.3 Å². The van der Waals surface area contributed by atoms with Crippen molar-refractivity contribution in [3.8, 4) is 0 Å². The minimum Gasteiger partial charge on any atom is -0.461 e. The molecular weight excluding hydrogens is 240 g/mol. The van der Waals surface area contributed by atoms with Crippen molar-refractivity contribution in [2.45, 2.75) is 20.8 Å². The minimum atomic E-state index is -0.633. The Kier molecular flexibility index (Phi) is 4.97. The highest BCUT2D eigenvalue weighted by molar-refractivity contribution is 6.82. The molecule has 92 valence electrons. The van der Waals surface area contributed by atoms with Gasteiger partial charge >= 0.3 is 5.97 Å². The van der Waals surface area contributed by atoms with Gasteiger partial charge in [-0.05, 0) is 44.0 Å². The van der Waals surface area contributed by atoms with E-state index in [0.717, 1.165) is 16.8 Å². The number of nitrogens with one attached hydrogen (secondary N) is 1. The molecule has 0 saturated carbocycles. The molecule has 0 bridgehead atoms. The zero-order valence-electron chi connectivity index (χ0n) is 10.1. The third-order valence-corrected chi connectivity index (χ3v) is 2.19. The van der Waals surface area contributed by atoms with Gasteiger partial charge in [0.2, 0.25) is 5.17 Å². The van der Waals surface area contributed by atoms with Crippen molar-refractivity contribution in [1.82, 2.24) is 0 Å². The molecule has 0 fully saturated rings. The molecule has 0 aliphatic carbocycles. The summed E-state index contributed by atoms with van der Waals surface area (Å²) in [6.45, 7) is 5.94. The zero-order chi connectivity index (χ0) is 12.8. The lowest BCUT2D eigenvalue weighted by atomic mass is 10.1. The highest BCUT2D eigenvalue weighted by atomic mass is 35.5. The third kappa shape index (κ3) is 4.44. The summed E-state index contributed by atoms with van der Waals surface area (Å²) in [7, 11) is 0. The molecule has 1 aromatic carbocycles. The van der Waals surface area contributed by atoms with E-state index in [1.165, 1.54) is 0 Å². The van der Waals surface area contributed by atoms with E-state index in [1.807, 2.05) is 32.0 Å². The second-order valence-corrected chi connectivity index (χ2v) is 3.97. The molecule has 0 aromatic heterocycles. The van der Waals surface area contributed by atoms with Crippen molar-refractivity contribution in [3.05, 3.63) is 29.3 Å². The van der Waals surface area contributed by atoms with E-state index < -0.39 is 5.97 Å². The third-order valence-electron chi connectivity index (χ3n) is 1.95. The van der Waals surface area contributed by atoms with Gasteiger partial charge < -0.3 is 4.74 Å². The summed E-state index contributed by atoms with van der Waals surface area (Å²) in [5.41, 5.74) is 5.72. The molecule has 1 rings (SSSR count). The molecule has 0 aliphatic rings. The average molecular weight is 255 g/mol. The van der Waals surface area contributed by atoms with Gasteiger partial charge in [-0.15, -0.1) is 0 Å².